The van der Waals surface area contributed by atoms with E-state index in [4.69, 9.17) is 9.47 Å². The van der Waals surface area contributed by atoms with E-state index in [2.05, 4.69) is 37.1 Å². The summed E-state index contributed by atoms with van der Waals surface area (Å²) in [6, 6.07) is 10.5. The highest BCUT2D eigenvalue weighted by Gasteiger charge is 2.39. The second-order valence-electron chi connectivity index (χ2n) is 11.1. The lowest BCUT2D eigenvalue weighted by Gasteiger charge is -2.38. The van der Waals surface area contributed by atoms with Crippen molar-refractivity contribution in [3.8, 4) is 11.5 Å². The smallest absolute Gasteiger partial charge is 0.408 e. The van der Waals surface area contributed by atoms with Crippen molar-refractivity contribution in [3.05, 3.63) is 54.1 Å². The first-order chi connectivity index (χ1) is 18.8. The van der Waals surface area contributed by atoms with E-state index in [-0.39, 0.29) is 17.1 Å². The van der Waals surface area contributed by atoms with Gasteiger partial charge in [-0.3, -0.25) is 9.59 Å². The minimum absolute atomic E-state index is 0.0287. The number of methoxy groups -OCH3 is 1. The van der Waals surface area contributed by atoms with Crippen molar-refractivity contribution in [2.75, 3.05) is 18.2 Å². The quantitative estimate of drug-likeness (QED) is 0.247. The molecular weight excluding hydrogens is 530 g/mol. The van der Waals surface area contributed by atoms with E-state index in [1.54, 1.807) is 70.3 Å². The molecule has 0 spiro atoms. The first kappa shape index (κ1) is 32.8. The molecular formula is C30H43N3O6S. The summed E-state index contributed by atoms with van der Waals surface area (Å²) < 4.78 is 10.6. The average molecular weight is 574 g/mol. The number of nitrogens with one attached hydrogen (secondary N) is 2. The first-order valence-electron chi connectivity index (χ1n) is 13.4. The van der Waals surface area contributed by atoms with Crippen molar-refractivity contribution in [2.45, 2.75) is 78.1 Å². The number of hydrogen-bond acceptors (Lipinski definition) is 7. The highest BCUT2D eigenvalue weighted by molar-refractivity contribution is 7.80. The number of aromatic hydroxyl groups is 1. The van der Waals surface area contributed by atoms with E-state index in [0.29, 0.717) is 23.8 Å². The maximum Gasteiger partial charge on any atom is 0.408 e. The number of anilines is 1. The van der Waals surface area contributed by atoms with Crippen molar-refractivity contribution in [3.63, 3.8) is 0 Å². The number of rotatable bonds is 12. The number of phenols is 1. The SMILES string of the molecule is COc1ccc(NC(=O)C(c2ccccc2O)N(C(=O)C(CS)NC(=O)OC(C)(C)C)C(C)CCC(C)C)cc1. The van der Waals surface area contributed by atoms with Gasteiger partial charge in [0.05, 0.1) is 7.11 Å². The molecule has 9 nitrogen and oxygen atoms in total. The Morgan fingerprint density at radius 2 is 1.62 bits per heavy atom. The van der Waals surface area contributed by atoms with E-state index in [0.717, 1.165) is 6.42 Å². The van der Waals surface area contributed by atoms with Crippen LogP contribution in [-0.2, 0) is 14.3 Å². The number of phenolic OH excluding ortho intramolecular Hbond substituents is 1. The molecule has 0 fully saturated rings. The highest BCUT2D eigenvalue weighted by atomic mass is 32.1. The fourth-order valence-electron chi connectivity index (χ4n) is 4.15. The van der Waals surface area contributed by atoms with Gasteiger partial charge in [0.15, 0.2) is 0 Å². The van der Waals surface area contributed by atoms with Crippen LogP contribution in [0.25, 0.3) is 0 Å². The predicted molar refractivity (Wildman–Crippen MR) is 160 cm³/mol. The maximum atomic E-state index is 14.2. The molecule has 3 N–H and O–H groups in total. The van der Waals surface area contributed by atoms with Gasteiger partial charge in [-0.1, -0.05) is 32.0 Å². The van der Waals surface area contributed by atoms with Gasteiger partial charge < -0.3 is 30.1 Å². The zero-order valence-corrected chi connectivity index (χ0v) is 25.3. The van der Waals surface area contributed by atoms with Crippen LogP contribution in [0.15, 0.2) is 48.5 Å². The van der Waals surface area contributed by atoms with Crippen molar-refractivity contribution >= 4 is 36.2 Å². The van der Waals surface area contributed by atoms with Gasteiger partial charge in [-0.25, -0.2) is 4.79 Å². The number of hydrogen-bond donors (Lipinski definition) is 4. The number of ether oxygens (including phenoxy) is 2. The summed E-state index contributed by atoms with van der Waals surface area (Å²) in [5.41, 5.74) is -0.0192. The highest BCUT2D eigenvalue weighted by Crippen LogP contribution is 2.33. The summed E-state index contributed by atoms with van der Waals surface area (Å²) in [7, 11) is 1.55. The molecule has 0 heterocycles. The zero-order valence-electron chi connectivity index (χ0n) is 24.4. The van der Waals surface area contributed by atoms with Gasteiger partial charge in [0.2, 0.25) is 5.91 Å². The topological polar surface area (TPSA) is 117 Å². The Morgan fingerprint density at radius 3 is 2.15 bits per heavy atom. The molecule has 2 aromatic rings. The Balaban J connectivity index is 2.56. The predicted octanol–water partition coefficient (Wildman–Crippen LogP) is 5.56. The molecule has 220 valence electrons. The summed E-state index contributed by atoms with van der Waals surface area (Å²) >= 11 is 4.34. The second-order valence-corrected chi connectivity index (χ2v) is 11.5. The summed E-state index contributed by atoms with van der Waals surface area (Å²) in [6.07, 6.45) is 0.620. The molecule has 3 unspecified atom stereocenters. The van der Waals surface area contributed by atoms with Gasteiger partial charge in [-0.2, -0.15) is 12.6 Å². The molecule has 3 amide bonds. The number of para-hydroxylation sites is 1. The number of nitrogens with zero attached hydrogens (tertiary/aromatic N) is 1. The Hall–Kier alpha value is -3.40. The Morgan fingerprint density at radius 1 is 1.00 bits per heavy atom. The summed E-state index contributed by atoms with van der Waals surface area (Å²) in [5, 5.41) is 16.3. The zero-order chi connectivity index (χ0) is 30.0. The van der Waals surface area contributed by atoms with Crippen LogP contribution in [0.1, 0.15) is 66.0 Å². The fourth-order valence-corrected chi connectivity index (χ4v) is 4.40. The van der Waals surface area contributed by atoms with E-state index in [1.165, 1.54) is 11.0 Å². The number of alkyl carbamates (subject to hydrolysis) is 1. The molecule has 2 aromatic carbocycles. The van der Waals surface area contributed by atoms with Gasteiger partial charge in [-0.15, -0.1) is 0 Å². The lowest BCUT2D eigenvalue weighted by atomic mass is 9.96. The molecule has 0 saturated carbocycles. The van der Waals surface area contributed by atoms with Crippen molar-refractivity contribution in [2.24, 2.45) is 5.92 Å². The molecule has 0 bridgehead atoms. The van der Waals surface area contributed by atoms with Gasteiger partial charge >= 0.3 is 6.09 Å². The standard InChI is InChI=1S/C30H43N3O6S/c1-19(2)12-13-20(3)33(28(36)24(18-40)32-29(37)39-30(4,5)6)26(23-10-8-9-11-25(23)34)27(35)31-21-14-16-22(38-7)17-15-21/h8-11,14-17,19-20,24,26,34,40H,12-13,18H2,1-7H3,(H,31,35)(H,32,37). The van der Waals surface area contributed by atoms with Crippen LogP contribution in [0.3, 0.4) is 0 Å². The third-order valence-corrected chi connectivity index (χ3v) is 6.54. The first-order valence-corrected chi connectivity index (χ1v) is 14.1. The Bertz CT molecular complexity index is 1130. The molecule has 10 heteroatoms. The number of benzene rings is 2. The number of carbonyl (C=O) groups is 3. The maximum absolute atomic E-state index is 14.2. The Labute approximate surface area is 243 Å². The average Bonchev–Trinajstić information content (AvgIpc) is 2.88. The van der Waals surface area contributed by atoms with E-state index < -0.39 is 41.6 Å². The van der Waals surface area contributed by atoms with Crippen LogP contribution in [0.4, 0.5) is 10.5 Å². The van der Waals surface area contributed by atoms with Crippen LogP contribution >= 0.6 is 12.6 Å². The largest absolute Gasteiger partial charge is 0.508 e. The van der Waals surface area contributed by atoms with Crippen LogP contribution in [0.2, 0.25) is 0 Å². The van der Waals surface area contributed by atoms with Crippen LogP contribution in [0, 0.1) is 5.92 Å². The van der Waals surface area contributed by atoms with E-state index in [9.17, 15) is 19.5 Å². The number of amides is 3. The summed E-state index contributed by atoms with van der Waals surface area (Å²) in [5.74, 6) is -0.217. The summed E-state index contributed by atoms with van der Waals surface area (Å²) in [4.78, 5) is 42.1. The van der Waals surface area contributed by atoms with Crippen molar-refractivity contribution in [1.82, 2.24) is 10.2 Å². The van der Waals surface area contributed by atoms with Crippen LogP contribution < -0.4 is 15.4 Å². The van der Waals surface area contributed by atoms with Gasteiger partial charge in [-0.05, 0) is 76.8 Å². The lowest BCUT2D eigenvalue weighted by Crippen LogP contribution is -2.55. The number of thiol groups is 1. The third-order valence-electron chi connectivity index (χ3n) is 6.18. The lowest BCUT2D eigenvalue weighted by molar-refractivity contribution is -0.143. The van der Waals surface area contributed by atoms with Gasteiger partial charge in [0.1, 0.15) is 29.2 Å². The van der Waals surface area contributed by atoms with Gasteiger partial charge in [0, 0.05) is 23.0 Å². The van der Waals surface area contributed by atoms with E-state index in [1.807, 2.05) is 6.92 Å². The molecule has 2 rings (SSSR count). The van der Waals surface area contributed by atoms with Crippen LogP contribution in [-0.4, -0.2) is 58.5 Å². The molecule has 0 saturated heterocycles. The molecule has 0 aliphatic rings. The molecule has 0 radical (unpaired) electrons. The van der Waals surface area contributed by atoms with Crippen molar-refractivity contribution in [1.29, 1.82) is 0 Å². The minimum atomic E-state index is -1.21. The molecule has 0 aliphatic carbocycles. The molecule has 0 aromatic heterocycles. The number of carbonyl (C=O) groups excluding carboxylic acids is 3. The molecule has 3 atom stereocenters. The monoisotopic (exact) mass is 573 g/mol. The second kappa shape index (κ2) is 14.8. The summed E-state index contributed by atoms with van der Waals surface area (Å²) in [6.45, 7) is 11.2. The molecule has 40 heavy (non-hydrogen) atoms. The van der Waals surface area contributed by atoms with Gasteiger partial charge in [0.25, 0.3) is 5.91 Å². The minimum Gasteiger partial charge on any atom is -0.508 e. The fraction of sp³-hybridized carbons (Fsp3) is 0.500. The molecule has 0 aliphatic heterocycles. The van der Waals surface area contributed by atoms with Crippen LogP contribution in [0.5, 0.6) is 11.5 Å². The Kier molecular flexibility index (Phi) is 12.2. The third kappa shape index (κ3) is 9.66. The normalized spacial score (nSPS) is 13.6. The van der Waals surface area contributed by atoms with Crippen molar-refractivity contribution < 1.29 is 29.0 Å². The van der Waals surface area contributed by atoms with E-state index >= 15 is 0 Å².